The van der Waals surface area contributed by atoms with Crippen LogP contribution in [-0.2, 0) is 13.0 Å². The van der Waals surface area contributed by atoms with Gasteiger partial charge in [0.05, 0.1) is 0 Å². The lowest BCUT2D eigenvalue weighted by Crippen LogP contribution is -2.45. The Morgan fingerprint density at radius 3 is 2.42 bits per heavy atom. The number of amides is 1. The molecule has 1 aromatic carbocycles. The summed E-state index contributed by atoms with van der Waals surface area (Å²) in [6, 6.07) is 8.63. The molecule has 2 N–H and O–H groups in total. The molecule has 5 heterocycles. The molecule has 188 valence electrons. The van der Waals surface area contributed by atoms with E-state index in [-0.39, 0.29) is 5.91 Å². The van der Waals surface area contributed by atoms with Gasteiger partial charge in [0.1, 0.15) is 22.3 Å². The van der Waals surface area contributed by atoms with Gasteiger partial charge in [-0.05, 0) is 43.5 Å². The third kappa shape index (κ3) is 4.62. The van der Waals surface area contributed by atoms with Crippen molar-refractivity contribution in [2.75, 3.05) is 68.4 Å². The van der Waals surface area contributed by atoms with Crippen LogP contribution in [0.25, 0.3) is 10.6 Å². The maximum absolute atomic E-state index is 12.7. The number of rotatable bonds is 4. The Kier molecular flexibility index (Phi) is 6.22. The minimum Gasteiger partial charge on any atom is -0.368 e. The van der Waals surface area contributed by atoms with Gasteiger partial charge in [-0.1, -0.05) is 12.1 Å². The predicted octanol–water partition coefficient (Wildman–Crippen LogP) is 2.73. The van der Waals surface area contributed by atoms with E-state index in [0.29, 0.717) is 11.6 Å². The summed E-state index contributed by atoms with van der Waals surface area (Å²) < 4.78 is 0. The lowest BCUT2D eigenvalue weighted by Gasteiger charge is -2.34. The summed E-state index contributed by atoms with van der Waals surface area (Å²) in [6.45, 7) is 7.23. The molecule has 0 aliphatic carbocycles. The number of anilines is 3. The van der Waals surface area contributed by atoms with Gasteiger partial charge < -0.3 is 25.3 Å². The van der Waals surface area contributed by atoms with E-state index in [1.54, 1.807) is 0 Å². The number of carbonyl (C=O) groups is 1. The molecule has 2 saturated heterocycles. The number of hydrogen-bond donors (Lipinski definition) is 1. The quantitative estimate of drug-likeness (QED) is 0.580. The second kappa shape index (κ2) is 9.67. The largest absolute Gasteiger partial charge is 0.368 e. The molecule has 2 aromatic heterocycles. The SMILES string of the molecule is CN1CCN(c2cc(N3CCc4ccc(-c5nc(C(=O)N6CCCC6)cs5)cc4C3)nc(N)n2)CC1. The third-order valence-electron chi connectivity index (χ3n) is 7.45. The van der Waals surface area contributed by atoms with Crippen LogP contribution in [0.3, 0.4) is 0 Å². The van der Waals surface area contributed by atoms with Crippen molar-refractivity contribution in [1.82, 2.24) is 24.8 Å². The Labute approximate surface area is 215 Å². The fraction of sp³-hybridized carbons (Fsp3) is 0.462. The standard InChI is InChI=1S/C26H32N8OS/c1-31-10-12-32(13-11-31)22-15-23(30-26(27)29-22)34-9-6-18-4-5-19(14-20(18)16-34)24-28-21(17-36-24)25(35)33-7-2-3-8-33/h4-5,14-15,17H,2-3,6-13,16H2,1H3,(H2,27,29,30). The number of fused-ring (bicyclic) bond motifs is 1. The Balaban J connectivity index is 1.21. The molecule has 9 nitrogen and oxygen atoms in total. The first kappa shape index (κ1) is 23.2. The molecule has 0 spiro atoms. The molecule has 6 rings (SSSR count). The number of carbonyl (C=O) groups excluding carboxylic acids is 1. The zero-order chi connectivity index (χ0) is 24.6. The van der Waals surface area contributed by atoms with Crippen molar-refractivity contribution < 1.29 is 4.79 Å². The second-order valence-electron chi connectivity index (χ2n) is 9.93. The molecule has 10 heteroatoms. The number of hydrogen-bond acceptors (Lipinski definition) is 9. The van der Waals surface area contributed by atoms with Gasteiger partial charge in [0.25, 0.3) is 5.91 Å². The van der Waals surface area contributed by atoms with E-state index in [1.807, 2.05) is 10.3 Å². The van der Waals surface area contributed by atoms with Gasteiger partial charge in [0, 0.05) is 69.4 Å². The molecule has 3 aliphatic rings. The third-order valence-corrected chi connectivity index (χ3v) is 8.34. The molecule has 0 atom stereocenters. The van der Waals surface area contributed by atoms with Gasteiger partial charge in [0.15, 0.2) is 0 Å². The highest BCUT2D eigenvalue weighted by atomic mass is 32.1. The molecule has 0 radical (unpaired) electrons. The van der Waals surface area contributed by atoms with Crippen molar-refractivity contribution in [3.63, 3.8) is 0 Å². The average molecular weight is 505 g/mol. The van der Waals surface area contributed by atoms with Crippen LogP contribution in [0.4, 0.5) is 17.6 Å². The highest BCUT2D eigenvalue weighted by Crippen LogP contribution is 2.31. The van der Waals surface area contributed by atoms with E-state index in [9.17, 15) is 4.79 Å². The fourth-order valence-corrected chi connectivity index (χ4v) is 6.06. The molecular formula is C26H32N8OS. The van der Waals surface area contributed by atoms with Crippen LogP contribution in [0, 0.1) is 0 Å². The zero-order valence-electron chi connectivity index (χ0n) is 20.7. The van der Waals surface area contributed by atoms with Gasteiger partial charge in [-0.3, -0.25) is 4.79 Å². The van der Waals surface area contributed by atoms with Gasteiger partial charge in [-0.2, -0.15) is 9.97 Å². The first-order valence-electron chi connectivity index (χ1n) is 12.7. The van der Waals surface area contributed by atoms with E-state index in [4.69, 9.17) is 10.7 Å². The number of thiazole rings is 1. The smallest absolute Gasteiger partial charge is 0.273 e. The molecule has 3 aliphatic heterocycles. The molecule has 36 heavy (non-hydrogen) atoms. The first-order valence-corrected chi connectivity index (χ1v) is 13.6. The van der Waals surface area contributed by atoms with Gasteiger partial charge in [-0.25, -0.2) is 4.98 Å². The van der Waals surface area contributed by atoms with Gasteiger partial charge >= 0.3 is 0 Å². The number of likely N-dealkylation sites (tertiary alicyclic amines) is 1. The summed E-state index contributed by atoms with van der Waals surface area (Å²) in [7, 11) is 2.15. The molecule has 0 unspecified atom stereocenters. The minimum atomic E-state index is 0.0524. The number of nitrogens with zero attached hydrogens (tertiary/aromatic N) is 7. The Morgan fingerprint density at radius 2 is 1.64 bits per heavy atom. The summed E-state index contributed by atoms with van der Waals surface area (Å²) in [6.07, 6.45) is 3.11. The summed E-state index contributed by atoms with van der Waals surface area (Å²) in [4.78, 5) is 35.4. The van der Waals surface area contributed by atoms with Crippen molar-refractivity contribution in [3.8, 4) is 10.6 Å². The molecule has 0 bridgehead atoms. The number of nitrogen functional groups attached to an aromatic ring is 1. The van der Waals surface area contributed by atoms with Crippen LogP contribution in [-0.4, -0.2) is 83.5 Å². The predicted molar refractivity (Wildman–Crippen MR) is 144 cm³/mol. The lowest BCUT2D eigenvalue weighted by molar-refractivity contribution is 0.0788. The molecule has 3 aromatic rings. The van der Waals surface area contributed by atoms with Crippen LogP contribution in [0.2, 0.25) is 0 Å². The average Bonchev–Trinajstić information content (AvgIpc) is 3.61. The van der Waals surface area contributed by atoms with Crippen molar-refractivity contribution in [2.24, 2.45) is 0 Å². The highest BCUT2D eigenvalue weighted by molar-refractivity contribution is 7.13. The van der Waals surface area contributed by atoms with Crippen molar-refractivity contribution in [2.45, 2.75) is 25.8 Å². The number of likely N-dealkylation sites (N-methyl/N-ethyl adjacent to an activating group) is 1. The number of nitrogens with two attached hydrogens (primary N) is 1. The lowest BCUT2D eigenvalue weighted by atomic mass is 9.97. The van der Waals surface area contributed by atoms with E-state index >= 15 is 0 Å². The fourth-order valence-electron chi connectivity index (χ4n) is 5.27. The summed E-state index contributed by atoms with van der Waals surface area (Å²) in [5, 5.41) is 2.78. The van der Waals surface area contributed by atoms with Crippen molar-refractivity contribution >= 4 is 34.8 Å². The van der Waals surface area contributed by atoms with Crippen LogP contribution in [0.5, 0.6) is 0 Å². The Hall–Kier alpha value is -3.24. The van der Waals surface area contributed by atoms with E-state index in [1.165, 1.54) is 22.5 Å². The van der Waals surface area contributed by atoms with Crippen molar-refractivity contribution in [3.05, 3.63) is 46.5 Å². The van der Waals surface area contributed by atoms with Crippen LogP contribution >= 0.6 is 11.3 Å². The normalized spacial score (nSPS) is 18.5. The highest BCUT2D eigenvalue weighted by Gasteiger charge is 2.24. The second-order valence-corrected chi connectivity index (χ2v) is 10.8. The van der Waals surface area contributed by atoms with Crippen LogP contribution in [0.1, 0.15) is 34.5 Å². The number of piperazine rings is 1. The van der Waals surface area contributed by atoms with Gasteiger partial charge in [0.2, 0.25) is 5.95 Å². The first-order chi connectivity index (χ1) is 17.5. The summed E-state index contributed by atoms with van der Waals surface area (Å²) in [5.41, 5.74) is 10.4. The van der Waals surface area contributed by atoms with Crippen LogP contribution in [0.15, 0.2) is 29.6 Å². The molecular weight excluding hydrogens is 472 g/mol. The summed E-state index contributed by atoms with van der Waals surface area (Å²) >= 11 is 1.54. The molecule has 0 saturated carbocycles. The topological polar surface area (TPSA) is 94.7 Å². The van der Waals surface area contributed by atoms with Gasteiger partial charge in [-0.15, -0.1) is 11.3 Å². The molecule has 1 amide bonds. The summed E-state index contributed by atoms with van der Waals surface area (Å²) in [5.74, 6) is 2.15. The van der Waals surface area contributed by atoms with Crippen LogP contribution < -0.4 is 15.5 Å². The molecule has 2 fully saturated rings. The maximum Gasteiger partial charge on any atom is 0.273 e. The van der Waals surface area contributed by atoms with Crippen molar-refractivity contribution in [1.29, 1.82) is 0 Å². The van der Waals surface area contributed by atoms with E-state index < -0.39 is 0 Å². The minimum absolute atomic E-state index is 0.0524. The van der Waals surface area contributed by atoms with E-state index in [2.05, 4.69) is 56.0 Å². The maximum atomic E-state index is 12.7. The Morgan fingerprint density at radius 1 is 0.889 bits per heavy atom. The number of aromatic nitrogens is 3. The van der Waals surface area contributed by atoms with E-state index in [0.717, 1.165) is 93.8 Å². The Bertz CT molecular complexity index is 1260. The zero-order valence-corrected chi connectivity index (χ0v) is 21.5. The number of benzene rings is 1. The monoisotopic (exact) mass is 504 g/mol.